The summed E-state index contributed by atoms with van der Waals surface area (Å²) in [5.41, 5.74) is 7.50. The van der Waals surface area contributed by atoms with Crippen LogP contribution in [0.2, 0.25) is 0 Å². The Morgan fingerprint density at radius 1 is 1.11 bits per heavy atom. The van der Waals surface area contributed by atoms with Crippen molar-refractivity contribution in [2.24, 2.45) is 0 Å². The van der Waals surface area contributed by atoms with E-state index in [1.54, 1.807) is 18.2 Å². The maximum absolute atomic E-state index is 13.0. The molecule has 0 fully saturated rings. The van der Waals surface area contributed by atoms with Crippen LogP contribution < -0.4 is 5.73 Å². The van der Waals surface area contributed by atoms with E-state index in [1.807, 2.05) is 6.92 Å². The third-order valence-corrected chi connectivity index (χ3v) is 4.10. The van der Waals surface area contributed by atoms with Gasteiger partial charge in [-0.05, 0) is 48.4 Å². The molecule has 100 valence electrons. The van der Waals surface area contributed by atoms with Crippen LogP contribution in [-0.2, 0) is 16.6 Å². The molecule has 0 saturated carbocycles. The van der Waals surface area contributed by atoms with Gasteiger partial charge >= 0.3 is 0 Å². The number of aryl methyl sites for hydroxylation is 1. The summed E-state index contributed by atoms with van der Waals surface area (Å²) in [7, 11) is -1.36. The van der Waals surface area contributed by atoms with Crippen molar-refractivity contribution in [3.8, 4) is 0 Å². The first-order valence-corrected chi connectivity index (χ1v) is 6.97. The number of nitrogens with two attached hydrogens (primary N) is 1. The molecule has 0 aromatic heterocycles. The Labute approximate surface area is 112 Å². The van der Waals surface area contributed by atoms with Crippen molar-refractivity contribution in [2.45, 2.75) is 17.6 Å². The second-order valence-corrected chi connectivity index (χ2v) is 5.74. The number of anilines is 1. The maximum atomic E-state index is 13.0. The smallest absolute Gasteiger partial charge is 0.126 e. The number of halogens is 2. The van der Waals surface area contributed by atoms with Crippen molar-refractivity contribution in [2.75, 3.05) is 5.73 Å². The first-order valence-electron chi connectivity index (χ1n) is 5.65. The molecule has 5 heteroatoms. The van der Waals surface area contributed by atoms with Crippen LogP contribution in [0.1, 0.15) is 11.1 Å². The highest BCUT2D eigenvalue weighted by Crippen LogP contribution is 2.19. The van der Waals surface area contributed by atoms with Gasteiger partial charge in [-0.2, -0.15) is 0 Å². The normalized spacial score (nSPS) is 12.4. The molecule has 0 saturated heterocycles. The lowest BCUT2D eigenvalue weighted by Gasteiger charge is -2.06. The topological polar surface area (TPSA) is 43.1 Å². The zero-order valence-electron chi connectivity index (χ0n) is 10.3. The SMILES string of the molecule is Cc1cc(S(=O)Cc2cc(F)cc(F)c2)ccc1N. The van der Waals surface area contributed by atoms with Gasteiger partial charge in [0.15, 0.2) is 0 Å². The molecule has 2 N–H and O–H groups in total. The quantitative estimate of drug-likeness (QED) is 0.878. The molecule has 0 aliphatic heterocycles. The van der Waals surface area contributed by atoms with E-state index in [1.165, 1.54) is 12.1 Å². The van der Waals surface area contributed by atoms with Crippen molar-refractivity contribution in [1.82, 2.24) is 0 Å². The molecular weight excluding hydrogens is 268 g/mol. The van der Waals surface area contributed by atoms with Gasteiger partial charge in [0.2, 0.25) is 0 Å². The summed E-state index contributed by atoms with van der Waals surface area (Å²) in [6.45, 7) is 1.82. The average Bonchev–Trinajstić information content (AvgIpc) is 2.31. The number of nitrogen functional groups attached to an aromatic ring is 1. The Hall–Kier alpha value is -1.75. The third kappa shape index (κ3) is 3.38. The fourth-order valence-electron chi connectivity index (χ4n) is 1.72. The number of hydrogen-bond donors (Lipinski definition) is 1. The van der Waals surface area contributed by atoms with Gasteiger partial charge in [0.05, 0.1) is 16.6 Å². The van der Waals surface area contributed by atoms with Gasteiger partial charge in [0, 0.05) is 16.6 Å². The minimum atomic E-state index is -1.36. The van der Waals surface area contributed by atoms with Crippen LogP contribution in [0.4, 0.5) is 14.5 Å². The van der Waals surface area contributed by atoms with E-state index in [-0.39, 0.29) is 5.75 Å². The molecule has 2 nitrogen and oxygen atoms in total. The van der Waals surface area contributed by atoms with Gasteiger partial charge in [-0.1, -0.05) is 0 Å². The number of benzene rings is 2. The molecule has 0 heterocycles. The predicted octanol–water partition coefficient (Wildman–Crippen LogP) is 3.16. The lowest BCUT2D eigenvalue weighted by molar-refractivity contribution is 0.581. The monoisotopic (exact) mass is 281 g/mol. The molecule has 2 rings (SSSR count). The van der Waals surface area contributed by atoms with Crippen LogP contribution in [0, 0.1) is 18.6 Å². The van der Waals surface area contributed by atoms with Crippen LogP contribution in [0.3, 0.4) is 0 Å². The zero-order chi connectivity index (χ0) is 14.0. The molecule has 0 radical (unpaired) electrons. The largest absolute Gasteiger partial charge is 0.399 e. The molecular formula is C14H13F2NOS. The highest BCUT2D eigenvalue weighted by atomic mass is 32.2. The molecule has 0 spiro atoms. The van der Waals surface area contributed by atoms with Crippen molar-refractivity contribution in [3.63, 3.8) is 0 Å². The molecule has 0 aliphatic carbocycles. The lowest BCUT2D eigenvalue weighted by atomic mass is 10.2. The van der Waals surface area contributed by atoms with Crippen LogP contribution in [0.5, 0.6) is 0 Å². The first-order chi connectivity index (χ1) is 8.95. The Kier molecular flexibility index (Phi) is 3.95. The Balaban J connectivity index is 2.22. The number of rotatable bonds is 3. The van der Waals surface area contributed by atoms with Crippen LogP contribution in [-0.4, -0.2) is 4.21 Å². The molecule has 0 amide bonds. The van der Waals surface area contributed by atoms with Gasteiger partial charge in [0.1, 0.15) is 11.6 Å². The van der Waals surface area contributed by atoms with E-state index < -0.39 is 22.4 Å². The Morgan fingerprint density at radius 2 is 1.74 bits per heavy atom. The van der Waals surface area contributed by atoms with Crippen LogP contribution in [0.15, 0.2) is 41.3 Å². The Morgan fingerprint density at radius 3 is 2.32 bits per heavy atom. The molecule has 0 bridgehead atoms. The highest BCUT2D eigenvalue weighted by molar-refractivity contribution is 7.84. The standard InChI is InChI=1S/C14H13F2NOS/c1-9-4-13(2-3-14(9)17)19(18)8-10-5-11(15)7-12(16)6-10/h2-7H,8,17H2,1H3. The van der Waals surface area contributed by atoms with Crippen molar-refractivity contribution in [3.05, 3.63) is 59.2 Å². The van der Waals surface area contributed by atoms with Gasteiger partial charge in [-0.15, -0.1) is 0 Å². The van der Waals surface area contributed by atoms with Gasteiger partial charge in [0.25, 0.3) is 0 Å². The van der Waals surface area contributed by atoms with Gasteiger partial charge in [-0.3, -0.25) is 4.21 Å². The van der Waals surface area contributed by atoms with Crippen molar-refractivity contribution >= 4 is 16.5 Å². The van der Waals surface area contributed by atoms with E-state index in [4.69, 9.17) is 5.73 Å². The Bertz CT molecular complexity index is 623. The first kappa shape index (κ1) is 13.7. The average molecular weight is 281 g/mol. The fourth-order valence-corrected chi connectivity index (χ4v) is 2.88. The van der Waals surface area contributed by atoms with Crippen LogP contribution >= 0.6 is 0 Å². The summed E-state index contributed by atoms with van der Waals surface area (Å²) in [4.78, 5) is 0.594. The summed E-state index contributed by atoms with van der Waals surface area (Å²) in [5.74, 6) is -1.26. The van der Waals surface area contributed by atoms with Gasteiger partial charge < -0.3 is 5.73 Å². The summed E-state index contributed by atoms with van der Waals surface area (Å²) in [6.07, 6.45) is 0. The minimum absolute atomic E-state index is 0.0675. The van der Waals surface area contributed by atoms with E-state index in [0.29, 0.717) is 16.1 Å². The van der Waals surface area contributed by atoms with E-state index in [0.717, 1.165) is 11.6 Å². The highest BCUT2D eigenvalue weighted by Gasteiger charge is 2.08. The molecule has 1 unspecified atom stereocenters. The molecule has 1 atom stereocenters. The zero-order valence-corrected chi connectivity index (χ0v) is 11.1. The predicted molar refractivity (Wildman–Crippen MR) is 72.1 cm³/mol. The molecule has 0 aliphatic rings. The summed E-state index contributed by atoms with van der Waals surface area (Å²) >= 11 is 0. The second kappa shape index (κ2) is 5.48. The summed E-state index contributed by atoms with van der Waals surface area (Å²) in [5, 5.41) is 0. The third-order valence-electron chi connectivity index (χ3n) is 2.72. The summed E-state index contributed by atoms with van der Waals surface area (Å²) < 4.78 is 38.2. The second-order valence-electron chi connectivity index (χ2n) is 4.29. The minimum Gasteiger partial charge on any atom is -0.399 e. The van der Waals surface area contributed by atoms with E-state index in [9.17, 15) is 13.0 Å². The lowest BCUT2D eigenvalue weighted by Crippen LogP contribution is -1.99. The van der Waals surface area contributed by atoms with E-state index in [2.05, 4.69) is 0 Å². The maximum Gasteiger partial charge on any atom is 0.126 e. The summed E-state index contributed by atoms with van der Waals surface area (Å²) in [6, 6.07) is 8.22. The van der Waals surface area contributed by atoms with Crippen molar-refractivity contribution < 1.29 is 13.0 Å². The molecule has 2 aromatic rings. The van der Waals surface area contributed by atoms with Crippen molar-refractivity contribution in [1.29, 1.82) is 0 Å². The van der Waals surface area contributed by atoms with Gasteiger partial charge in [-0.25, -0.2) is 8.78 Å². The number of hydrogen-bond acceptors (Lipinski definition) is 2. The fraction of sp³-hybridized carbons (Fsp3) is 0.143. The molecule has 19 heavy (non-hydrogen) atoms. The van der Waals surface area contributed by atoms with E-state index >= 15 is 0 Å². The van der Waals surface area contributed by atoms with Crippen LogP contribution in [0.25, 0.3) is 0 Å². The molecule has 2 aromatic carbocycles.